The van der Waals surface area contributed by atoms with Crippen LogP contribution in [-0.2, 0) is 0 Å². The predicted molar refractivity (Wildman–Crippen MR) is 61.2 cm³/mol. The molecule has 0 saturated heterocycles. The molecule has 2 aromatic rings. The number of rotatable bonds is 1. The predicted octanol–water partition coefficient (Wildman–Crippen LogP) is 4.01. The molecule has 0 spiro atoms. The SMILES string of the molecule is Nc1ccc(F)c(-c2cc(Cl)ccc2F)c1F. The van der Waals surface area contributed by atoms with Crippen molar-refractivity contribution >= 4 is 17.3 Å². The first-order valence-corrected chi connectivity index (χ1v) is 5.07. The van der Waals surface area contributed by atoms with Crippen LogP contribution in [0.4, 0.5) is 18.9 Å². The molecule has 0 radical (unpaired) electrons. The van der Waals surface area contributed by atoms with Crippen molar-refractivity contribution in [2.75, 3.05) is 5.73 Å². The summed E-state index contributed by atoms with van der Waals surface area (Å²) in [7, 11) is 0. The zero-order chi connectivity index (χ0) is 12.6. The Kier molecular flexibility index (Phi) is 2.98. The molecule has 0 unspecified atom stereocenters. The molecule has 0 saturated carbocycles. The lowest BCUT2D eigenvalue weighted by Gasteiger charge is -2.08. The van der Waals surface area contributed by atoms with Gasteiger partial charge in [-0.2, -0.15) is 0 Å². The van der Waals surface area contributed by atoms with Crippen LogP contribution in [0.5, 0.6) is 0 Å². The van der Waals surface area contributed by atoms with E-state index in [0.29, 0.717) is 0 Å². The minimum absolute atomic E-state index is 0.183. The second kappa shape index (κ2) is 4.30. The second-order valence-electron chi connectivity index (χ2n) is 3.45. The van der Waals surface area contributed by atoms with E-state index in [0.717, 1.165) is 24.3 Å². The fourth-order valence-electron chi connectivity index (χ4n) is 1.50. The fraction of sp³-hybridized carbons (Fsp3) is 0. The summed E-state index contributed by atoms with van der Waals surface area (Å²) in [4.78, 5) is 0. The molecule has 0 aliphatic carbocycles. The van der Waals surface area contributed by atoms with Crippen LogP contribution in [0.3, 0.4) is 0 Å². The summed E-state index contributed by atoms with van der Waals surface area (Å²) in [6.07, 6.45) is 0. The highest BCUT2D eigenvalue weighted by atomic mass is 35.5. The second-order valence-corrected chi connectivity index (χ2v) is 3.89. The maximum Gasteiger partial charge on any atom is 0.156 e. The molecule has 0 bridgehead atoms. The quantitative estimate of drug-likeness (QED) is 0.768. The van der Waals surface area contributed by atoms with Gasteiger partial charge in [-0.1, -0.05) is 11.6 Å². The van der Waals surface area contributed by atoms with E-state index in [1.807, 2.05) is 0 Å². The fourth-order valence-corrected chi connectivity index (χ4v) is 1.68. The number of nitrogen functional groups attached to an aromatic ring is 1. The molecule has 0 aliphatic heterocycles. The average molecular weight is 258 g/mol. The highest BCUT2D eigenvalue weighted by molar-refractivity contribution is 6.30. The van der Waals surface area contributed by atoms with Crippen molar-refractivity contribution in [3.63, 3.8) is 0 Å². The summed E-state index contributed by atoms with van der Waals surface area (Å²) in [6.45, 7) is 0. The molecule has 1 nitrogen and oxygen atoms in total. The molecule has 0 aliphatic rings. The van der Waals surface area contributed by atoms with Gasteiger partial charge in [-0.05, 0) is 30.3 Å². The van der Waals surface area contributed by atoms with Crippen LogP contribution < -0.4 is 5.73 Å². The summed E-state index contributed by atoms with van der Waals surface area (Å²) in [5.74, 6) is -2.65. The van der Waals surface area contributed by atoms with Gasteiger partial charge >= 0.3 is 0 Å². The smallest absolute Gasteiger partial charge is 0.156 e. The first-order valence-electron chi connectivity index (χ1n) is 4.69. The summed E-state index contributed by atoms with van der Waals surface area (Å²) in [5, 5.41) is 0.183. The Bertz CT molecular complexity index is 584. The summed E-state index contributed by atoms with van der Waals surface area (Å²) >= 11 is 5.67. The van der Waals surface area contributed by atoms with Crippen LogP contribution in [0.15, 0.2) is 30.3 Å². The van der Waals surface area contributed by atoms with E-state index in [-0.39, 0.29) is 16.3 Å². The molecule has 17 heavy (non-hydrogen) atoms. The monoisotopic (exact) mass is 257 g/mol. The van der Waals surface area contributed by atoms with Gasteiger partial charge in [0.05, 0.1) is 11.3 Å². The number of anilines is 1. The van der Waals surface area contributed by atoms with Crippen LogP contribution >= 0.6 is 11.6 Å². The zero-order valence-electron chi connectivity index (χ0n) is 8.48. The average Bonchev–Trinajstić information content (AvgIpc) is 2.29. The Hall–Kier alpha value is -1.68. The van der Waals surface area contributed by atoms with Crippen LogP contribution in [0.25, 0.3) is 11.1 Å². The van der Waals surface area contributed by atoms with Crippen molar-refractivity contribution in [3.8, 4) is 11.1 Å². The Balaban J connectivity index is 2.76. The Morgan fingerprint density at radius 1 is 0.941 bits per heavy atom. The Labute approximate surface area is 101 Å². The molecular formula is C12H7ClF3N. The first kappa shape index (κ1) is 11.8. The van der Waals surface area contributed by atoms with Crippen molar-refractivity contribution in [2.24, 2.45) is 0 Å². The standard InChI is InChI=1S/C12H7ClF3N/c13-6-1-2-8(14)7(5-6)11-9(15)3-4-10(17)12(11)16/h1-5H,17H2. The molecule has 88 valence electrons. The molecule has 5 heteroatoms. The Morgan fingerprint density at radius 2 is 1.59 bits per heavy atom. The van der Waals surface area contributed by atoms with Gasteiger partial charge < -0.3 is 5.73 Å². The third-order valence-electron chi connectivity index (χ3n) is 2.32. The van der Waals surface area contributed by atoms with Gasteiger partial charge in [0.25, 0.3) is 0 Å². The van der Waals surface area contributed by atoms with Crippen LogP contribution in [0.1, 0.15) is 0 Å². The van der Waals surface area contributed by atoms with Crippen LogP contribution in [0.2, 0.25) is 5.02 Å². The van der Waals surface area contributed by atoms with Crippen molar-refractivity contribution in [3.05, 3.63) is 52.8 Å². The van der Waals surface area contributed by atoms with Crippen LogP contribution in [0, 0.1) is 17.5 Å². The minimum Gasteiger partial charge on any atom is -0.396 e. The van der Waals surface area contributed by atoms with E-state index in [2.05, 4.69) is 0 Å². The van der Waals surface area contributed by atoms with E-state index in [1.54, 1.807) is 0 Å². The van der Waals surface area contributed by atoms with Gasteiger partial charge in [-0.3, -0.25) is 0 Å². The topological polar surface area (TPSA) is 26.0 Å². The largest absolute Gasteiger partial charge is 0.396 e. The molecule has 0 atom stereocenters. The maximum absolute atomic E-state index is 13.7. The third kappa shape index (κ3) is 2.08. The van der Waals surface area contributed by atoms with E-state index < -0.39 is 23.0 Å². The van der Waals surface area contributed by atoms with Gasteiger partial charge in [-0.15, -0.1) is 0 Å². The molecule has 2 aromatic carbocycles. The summed E-state index contributed by atoms with van der Waals surface area (Å²) in [6, 6.07) is 5.55. The van der Waals surface area contributed by atoms with Crippen molar-refractivity contribution in [2.45, 2.75) is 0 Å². The lowest BCUT2D eigenvalue weighted by Crippen LogP contribution is -1.98. The van der Waals surface area contributed by atoms with Crippen molar-refractivity contribution in [1.29, 1.82) is 0 Å². The van der Waals surface area contributed by atoms with Gasteiger partial charge in [0.15, 0.2) is 5.82 Å². The number of benzene rings is 2. The summed E-state index contributed by atoms with van der Waals surface area (Å²) in [5.41, 5.74) is 4.31. The van der Waals surface area contributed by atoms with E-state index >= 15 is 0 Å². The zero-order valence-corrected chi connectivity index (χ0v) is 9.23. The van der Waals surface area contributed by atoms with E-state index in [9.17, 15) is 13.2 Å². The molecule has 2 rings (SSSR count). The molecular weight excluding hydrogens is 251 g/mol. The molecule has 0 heterocycles. The Morgan fingerprint density at radius 3 is 2.29 bits per heavy atom. The number of hydrogen-bond donors (Lipinski definition) is 1. The van der Waals surface area contributed by atoms with Gasteiger partial charge in [0.2, 0.25) is 0 Å². The van der Waals surface area contributed by atoms with Gasteiger partial charge in [0.1, 0.15) is 11.6 Å². The lowest BCUT2D eigenvalue weighted by molar-refractivity contribution is 0.584. The lowest BCUT2D eigenvalue weighted by atomic mass is 10.0. The number of halogens is 4. The maximum atomic E-state index is 13.7. The normalized spacial score (nSPS) is 10.6. The first-order chi connectivity index (χ1) is 8.00. The minimum atomic E-state index is -0.994. The molecule has 0 aromatic heterocycles. The summed E-state index contributed by atoms with van der Waals surface area (Å²) < 4.78 is 40.7. The number of hydrogen-bond acceptors (Lipinski definition) is 1. The number of nitrogens with two attached hydrogens (primary N) is 1. The van der Waals surface area contributed by atoms with E-state index in [4.69, 9.17) is 17.3 Å². The van der Waals surface area contributed by atoms with Crippen LogP contribution in [-0.4, -0.2) is 0 Å². The van der Waals surface area contributed by atoms with Gasteiger partial charge in [-0.25, -0.2) is 13.2 Å². The third-order valence-corrected chi connectivity index (χ3v) is 2.55. The highest BCUT2D eigenvalue weighted by Crippen LogP contribution is 2.32. The highest BCUT2D eigenvalue weighted by Gasteiger charge is 2.17. The van der Waals surface area contributed by atoms with Crippen molar-refractivity contribution in [1.82, 2.24) is 0 Å². The van der Waals surface area contributed by atoms with Gasteiger partial charge in [0, 0.05) is 10.6 Å². The van der Waals surface area contributed by atoms with Crippen molar-refractivity contribution < 1.29 is 13.2 Å². The molecule has 0 fully saturated rings. The van der Waals surface area contributed by atoms with E-state index in [1.165, 1.54) is 6.07 Å². The molecule has 2 N–H and O–H groups in total. The molecule has 0 amide bonds.